The minimum atomic E-state index is 0.570. The van der Waals surface area contributed by atoms with Gasteiger partial charge in [0.25, 0.3) is 0 Å². The van der Waals surface area contributed by atoms with Crippen molar-refractivity contribution >= 4 is 17.3 Å². The molecule has 0 bridgehead atoms. The second-order valence-electron chi connectivity index (χ2n) is 4.84. The molecule has 1 aliphatic heterocycles. The fourth-order valence-electron chi connectivity index (χ4n) is 2.47. The van der Waals surface area contributed by atoms with E-state index in [1.54, 1.807) is 0 Å². The third kappa shape index (κ3) is 2.18. The average Bonchev–Trinajstić information content (AvgIpc) is 3.03. The third-order valence-electron chi connectivity index (χ3n) is 3.52. The number of halogens is 1. The van der Waals surface area contributed by atoms with Gasteiger partial charge in [0, 0.05) is 25.2 Å². The van der Waals surface area contributed by atoms with Crippen LogP contribution in [-0.2, 0) is 0 Å². The molecule has 0 aromatic heterocycles. The molecule has 2 nitrogen and oxygen atoms in total. The van der Waals surface area contributed by atoms with Crippen LogP contribution in [0.5, 0.6) is 0 Å². The summed E-state index contributed by atoms with van der Waals surface area (Å²) >= 11 is 6.14. The van der Waals surface area contributed by atoms with Crippen molar-refractivity contribution in [3.63, 3.8) is 0 Å². The molecule has 0 radical (unpaired) electrons. The van der Waals surface area contributed by atoms with E-state index < -0.39 is 0 Å². The molecule has 1 saturated heterocycles. The molecule has 3 heteroatoms. The second-order valence-corrected chi connectivity index (χ2v) is 5.24. The Morgan fingerprint density at radius 1 is 1.19 bits per heavy atom. The van der Waals surface area contributed by atoms with Crippen LogP contribution in [-0.4, -0.2) is 30.1 Å². The lowest BCUT2D eigenvalue weighted by molar-refractivity contribution is 0.326. The number of nitrogens with zero attached hydrogens (tertiary/aromatic N) is 1. The Morgan fingerprint density at radius 2 is 2.00 bits per heavy atom. The maximum atomic E-state index is 6.14. The molecule has 86 valence electrons. The molecule has 0 amide bonds. The van der Waals surface area contributed by atoms with Gasteiger partial charge in [-0.3, -0.25) is 4.90 Å². The number of anilines is 1. The fraction of sp³-hybridized carbons (Fsp3) is 0.538. The highest BCUT2D eigenvalue weighted by Crippen LogP contribution is 2.31. The molecule has 2 fully saturated rings. The molecular formula is C13H17ClN2. The number of benzene rings is 1. The quantitative estimate of drug-likeness (QED) is 0.868. The first-order chi connectivity index (χ1) is 7.83. The Labute approximate surface area is 102 Å². The topological polar surface area (TPSA) is 15.3 Å². The summed E-state index contributed by atoms with van der Waals surface area (Å²) in [5.74, 6) is 0. The molecule has 16 heavy (non-hydrogen) atoms. The van der Waals surface area contributed by atoms with E-state index >= 15 is 0 Å². The second kappa shape index (κ2) is 4.27. The van der Waals surface area contributed by atoms with E-state index in [4.69, 9.17) is 11.6 Å². The molecule has 1 aromatic rings. The summed E-state index contributed by atoms with van der Waals surface area (Å²) in [6, 6.07) is 9.46. The minimum absolute atomic E-state index is 0.570. The van der Waals surface area contributed by atoms with Gasteiger partial charge in [0.15, 0.2) is 0 Å². The zero-order valence-electron chi connectivity index (χ0n) is 9.32. The third-order valence-corrected chi connectivity index (χ3v) is 3.85. The summed E-state index contributed by atoms with van der Waals surface area (Å²) < 4.78 is 0. The van der Waals surface area contributed by atoms with E-state index in [1.807, 2.05) is 18.2 Å². The Bertz CT molecular complexity index is 376. The van der Waals surface area contributed by atoms with Crippen LogP contribution >= 0.6 is 11.6 Å². The van der Waals surface area contributed by atoms with Crippen LogP contribution in [0.2, 0.25) is 5.02 Å². The first-order valence-electron chi connectivity index (χ1n) is 6.08. The Hall–Kier alpha value is -0.730. The lowest BCUT2D eigenvalue weighted by Gasteiger charge is -2.17. The monoisotopic (exact) mass is 236 g/mol. The van der Waals surface area contributed by atoms with E-state index in [0.717, 1.165) is 16.8 Å². The van der Waals surface area contributed by atoms with Gasteiger partial charge in [-0.2, -0.15) is 0 Å². The van der Waals surface area contributed by atoms with Crippen LogP contribution in [0.25, 0.3) is 0 Å². The largest absolute Gasteiger partial charge is 0.380 e. The molecule has 2 aliphatic rings. The van der Waals surface area contributed by atoms with Crippen LogP contribution < -0.4 is 5.32 Å². The van der Waals surface area contributed by atoms with Crippen molar-refractivity contribution in [2.75, 3.05) is 18.4 Å². The van der Waals surface area contributed by atoms with Crippen molar-refractivity contribution in [2.45, 2.75) is 31.3 Å². The van der Waals surface area contributed by atoms with Crippen LogP contribution in [0, 0.1) is 0 Å². The Kier molecular flexibility index (Phi) is 2.78. The summed E-state index contributed by atoms with van der Waals surface area (Å²) in [6.07, 6.45) is 4.04. The molecule has 1 N–H and O–H groups in total. The Balaban J connectivity index is 1.61. The van der Waals surface area contributed by atoms with Crippen LogP contribution in [0.1, 0.15) is 19.3 Å². The number of hydrogen-bond acceptors (Lipinski definition) is 2. The summed E-state index contributed by atoms with van der Waals surface area (Å²) in [5.41, 5.74) is 1.08. The summed E-state index contributed by atoms with van der Waals surface area (Å²) in [6.45, 7) is 2.42. The number of hydrogen-bond donors (Lipinski definition) is 1. The predicted molar refractivity (Wildman–Crippen MR) is 68.1 cm³/mol. The highest BCUT2D eigenvalue weighted by molar-refractivity contribution is 6.33. The number of likely N-dealkylation sites (tertiary alicyclic amines) is 1. The van der Waals surface area contributed by atoms with E-state index in [-0.39, 0.29) is 0 Å². The standard InChI is InChI=1S/C13H17ClN2/c14-12-3-1-2-4-13(12)15-10-7-8-16(9-10)11-5-6-11/h1-4,10-11,15H,5-9H2. The number of para-hydroxylation sites is 1. The van der Waals surface area contributed by atoms with Crippen molar-refractivity contribution in [1.82, 2.24) is 4.90 Å². The molecule has 0 spiro atoms. The summed E-state index contributed by atoms with van der Waals surface area (Å²) in [4.78, 5) is 2.61. The van der Waals surface area contributed by atoms with Gasteiger partial charge in [0.2, 0.25) is 0 Å². The molecule has 1 saturated carbocycles. The van der Waals surface area contributed by atoms with Gasteiger partial charge in [-0.05, 0) is 31.4 Å². The highest BCUT2D eigenvalue weighted by Gasteiger charge is 2.34. The van der Waals surface area contributed by atoms with Gasteiger partial charge in [-0.15, -0.1) is 0 Å². The zero-order chi connectivity index (χ0) is 11.0. The lowest BCUT2D eigenvalue weighted by atomic mass is 10.2. The van der Waals surface area contributed by atoms with Crippen molar-refractivity contribution in [1.29, 1.82) is 0 Å². The smallest absolute Gasteiger partial charge is 0.0637 e. The Morgan fingerprint density at radius 3 is 2.75 bits per heavy atom. The van der Waals surface area contributed by atoms with Gasteiger partial charge in [0.05, 0.1) is 10.7 Å². The molecule has 1 unspecified atom stereocenters. The van der Waals surface area contributed by atoms with E-state index in [2.05, 4.69) is 16.3 Å². The number of rotatable bonds is 3. The summed E-state index contributed by atoms with van der Waals surface area (Å²) in [7, 11) is 0. The SMILES string of the molecule is Clc1ccccc1NC1CCN(C2CC2)C1. The minimum Gasteiger partial charge on any atom is -0.380 e. The van der Waals surface area contributed by atoms with Crippen LogP contribution in [0.4, 0.5) is 5.69 Å². The normalized spacial score (nSPS) is 25.9. The van der Waals surface area contributed by atoms with Gasteiger partial charge >= 0.3 is 0 Å². The van der Waals surface area contributed by atoms with Crippen LogP contribution in [0.15, 0.2) is 24.3 Å². The molecular weight excluding hydrogens is 220 g/mol. The molecule has 1 aliphatic carbocycles. The maximum absolute atomic E-state index is 6.14. The zero-order valence-corrected chi connectivity index (χ0v) is 10.1. The van der Waals surface area contributed by atoms with Crippen LogP contribution in [0.3, 0.4) is 0 Å². The summed E-state index contributed by atoms with van der Waals surface area (Å²) in [5, 5.41) is 4.37. The first-order valence-corrected chi connectivity index (χ1v) is 6.46. The molecule has 1 atom stereocenters. The fourth-order valence-corrected chi connectivity index (χ4v) is 2.66. The first kappa shape index (κ1) is 10.4. The molecule has 1 aromatic carbocycles. The number of nitrogens with one attached hydrogen (secondary N) is 1. The van der Waals surface area contributed by atoms with Gasteiger partial charge in [-0.1, -0.05) is 23.7 Å². The molecule has 1 heterocycles. The van der Waals surface area contributed by atoms with E-state index in [0.29, 0.717) is 6.04 Å². The maximum Gasteiger partial charge on any atom is 0.0637 e. The predicted octanol–water partition coefficient (Wildman–Crippen LogP) is 2.99. The lowest BCUT2D eigenvalue weighted by Crippen LogP contribution is -2.27. The average molecular weight is 237 g/mol. The van der Waals surface area contributed by atoms with E-state index in [1.165, 1.54) is 32.4 Å². The van der Waals surface area contributed by atoms with Gasteiger partial charge in [0.1, 0.15) is 0 Å². The van der Waals surface area contributed by atoms with Crippen molar-refractivity contribution in [3.05, 3.63) is 29.3 Å². The van der Waals surface area contributed by atoms with Crippen molar-refractivity contribution in [3.8, 4) is 0 Å². The van der Waals surface area contributed by atoms with Crippen molar-refractivity contribution < 1.29 is 0 Å². The van der Waals surface area contributed by atoms with Gasteiger partial charge < -0.3 is 5.32 Å². The van der Waals surface area contributed by atoms with E-state index in [9.17, 15) is 0 Å². The molecule has 3 rings (SSSR count). The van der Waals surface area contributed by atoms with Gasteiger partial charge in [-0.25, -0.2) is 0 Å². The highest BCUT2D eigenvalue weighted by atomic mass is 35.5. The van der Waals surface area contributed by atoms with Crippen molar-refractivity contribution in [2.24, 2.45) is 0 Å².